The van der Waals surface area contributed by atoms with Crippen molar-refractivity contribution in [2.75, 3.05) is 13.1 Å². The minimum absolute atomic E-state index is 0.297. The smallest absolute Gasteiger partial charge is 0.140 e. The van der Waals surface area contributed by atoms with Gasteiger partial charge >= 0.3 is 0 Å². The van der Waals surface area contributed by atoms with Crippen LogP contribution in [0, 0.1) is 29.6 Å². The summed E-state index contributed by atoms with van der Waals surface area (Å²) in [7, 11) is 0. The predicted molar refractivity (Wildman–Crippen MR) is 66.2 cm³/mol. The molecular weight excluding hydrogens is 198 g/mol. The molecule has 0 radical (unpaired) electrons. The Balaban J connectivity index is 1.95. The summed E-state index contributed by atoms with van der Waals surface area (Å²) >= 11 is 0. The number of rotatable bonds is 2. The van der Waals surface area contributed by atoms with E-state index in [0.29, 0.717) is 23.5 Å². The minimum atomic E-state index is 0.297. The topological polar surface area (TPSA) is 29.1 Å². The van der Waals surface area contributed by atoms with Crippen molar-refractivity contribution in [3.63, 3.8) is 0 Å². The summed E-state index contributed by atoms with van der Waals surface area (Å²) < 4.78 is 0. The monoisotopic (exact) mass is 223 g/mol. The molecule has 1 aliphatic heterocycles. The molecule has 1 aliphatic carbocycles. The van der Waals surface area contributed by atoms with Crippen LogP contribution in [0.3, 0.4) is 0 Å². The largest absolute Gasteiger partial charge is 0.316 e. The lowest BCUT2D eigenvalue weighted by Crippen LogP contribution is -2.33. The second kappa shape index (κ2) is 4.87. The Bertz CT molecular complexity index is 263. The van der Waals surface area contributed by atoms with Crippen LogP contribution in [0.5, 0.6) is 0 Å². The number of nitrogens with one attached hydrogen (secondary N) is 1. The molecule has 1 saturated carbocycles. The molecule has 0 aromatic rings. The number of hydrogen-bond acceptors (Lipinski definition) is 2. The molecule has 5 unspecified atom stereocenters. The van der Waals surface area contributed by atoms with Crippen LogP contribution < -0.4 is 5.32 Å². The zero-order chi connectivity index (χ0) is 11.7. The fourth-order valence-electron chi connectivity index (χ4n) is 3.30. The highest BCUT2D eigenvalue weighted by molar-refractivity contribution is 5.84. The van der Waals surface area contributed by atoms with Crippen LogP contribution >= 0.6 is 0 Å². The zero-order valence-corrected chi connectivity index (χ0v) is 10.8. The molecule has 2 heteroatoms. The lowest BCUT2D eigenvalue weighted by molar-refractivity contribution is -0.129. The Kier molecular flexibility index (Phi) is 3.68. The Morgan fingerprint density at radius 1 is 1.00 bits per heavy atom. The first-order chi connectivity index (χ1) is 7.59. The van der Waals surface area contributed by atoms with Gasteiger partial charge in [-0.05, 0) is 43.6 Å². The number of carbonyl (C=O) groups excluding carboxylic acids is 1. The molecule has 0 aromatic heterocycles. The second-order valence-corrected chi connectivity index (χ2v) is 6.11. The van der Waals surface area contributed by atoms with Crippen LogP contribution in [0.15, 0.2) is 0 Å². The van der Waals surface area contributed by atoms with Gasteiger partial charge in [0.2, 0.25) is 0 Å². The Morgan fingerprint density at radius 2 is 1.75 bits per heavy atom. The van der Waals surface area contributed by atoms with Gasteiger partial charge in [-0.1, -0.05) is 20.8 Å². The molecule has 1 heterocycles. The fraction of sp³-hybridized carbons (Fsp3) is 0.929. The van der Waals surface area contributed by atoms with Gasteiger partial charge in [-0.3, -0.25) is 4.79 Å². The number of Topliss-reactive ketones (excluding diaryl/α,β-unsaturated/α-hetero) is 1. The van der Waals surface area contributed by atoms with E-state index in [-0.39, 0.29) is 0 Å². The van der Waals surface area contributed by atoms with Gasteiger partial charge in [-0.25, -0.2) is 0 Å². The lowest BCUT2D eigenvalue weighted by Gasteiger charge is -2.32. The molecule has 2 aliphatic rings. The van der Waals surface area contributed by atoms with Crippen LogP contribution in [-0.2, 0) is 4.79 Å². The second-order valence-electron chi connectivity index (χ2n) is 6.11. The molecule has 0 amide bonds. The van der Waals surface area contributed by atoms with Crippen LogP contribution in [0.1, 0.15) is 40.0 Å². The van der Waals surface area contributed by atoms with Gasteiger partial charge in [-0.2, -0.15) is 0 Å². The van der Waals surface area contributed by atoms with E-state index in [9.17, 15) is 4.79 Å². The molecule has 2 rings (SSSR count). The molecule has 92 valence electrons. The highest BCUT2D eigenvalue weighted by Crippen LogP contribution is 2.36. The Morgan fingerprint density at radius 3 is 2.31 bits per heavy atom. The predicted octanol–water partition coefficient (Wildman–Crippen LogP) is 2.48. The highest BCUT2D eigenvalue weighted by Gasteiger charge is 2.36. The number of hydrogen-bond donors (Lipinski definition) is 1. The van der Waals surface area contributed by atoms with Gasteiger partial charge in [0.05, 0.1) is 0 Å². The lowest BCUT2D eigenvalue weighted by atomic mass is 9.71. The van der Waals surface area contributed by atoms with Crippen molar-refractivity contribution in [1.82, 2.24) is 5.32 Å². The first-order valence-electron chi connectivity index (χ1n) is 6.84. The maximum absolute atomic E-state index is 12.4. The van der Waals surface area contributed by atoms with Gasteiger partial charge in [0.25, 0.3) is 0 Å². The summed E-state index contributed by atoms with van der Waals surface area (Å²) in [6, 6.07) is 0. The quantitative estimate of drug-likeness (QED) is 0.779. The van der Waals surface area contributed by atoms with Gasteiger partial charge < -0.3 is 5.32 Å². The summed E-state index contributed by atoms with van der Waals surface area (Å²) in [4.78, 5) is 12.4. The normalized spacial score (nSPS) is 44.6. The van der Waals surface area contributed by atoms with Crippen molar-refractivity contribution in [2.45, 2.75) is 40.0 Å². The van der Waals surface area contributed by atoms with Gasteiger partial charge in [0.15, 0.2) is 0 Å². The average molecular weight is 223 g/mol. The van der Waals surface area contributed by atoms with Gasteiger partial charge in [-0.15, -0.1) is 0 Å². The van der Waals surface area contributed by atoms with E-state index >= 15 is 0 Å². The van der Waals surface area contributed by atoms with Crippen molar-refractivity contribution in [2.24, 2.45) is 29.6 Å². The van der Waals surface area contributed by atoms with E-state index in [4.69, 9.17) is 0 Å². The maximum Gasteiger partial charge on any atom is 0.140 e. The molecule has 0 aromatic carbocycles. The molecule has 2 fully saturated rings. The molecule has 16 heavy (non-hydrogen) atoms. The van der Waals surface area contributed by atoms with Crippen LogP contribution in [0.2, 0.25) is 0 Å². The van der Waals surface area contributed by atoms with E-state index < -0.39 is 0 Å². The minimum Gasteiger partial charge on any atom is -0.316 e. The summed E-state index contributed by atoms with van der Waals surface area (Å²) in [5.41, 5.74) is 0. The van der Waals surface area contributed by atoms with Gasteiger partial charge in [0.1, 0.15) is 5.78 Å². The Labute approximate surface area is 99.2 Å². The highest BCUT2D eigenvalue weighted by atomic mass is 16.1. The fourth-order valence-corrected chi connectivity index (χ4v) is 3.30. The third kappa shape index (κ3) is 2.32. The van der Waals surface area contributed by atoms with E-state index in [2.05, 4.69) is 26.1 Å². The van der Waals surface area contributed by atoms with Gasteiger partial charge in [0, 0.05) is 18.4 Å². The van der Waals surface area contributed by atoms with Crippen LogP contribution in [-0.4, -0.2) is 18.9 Å². The van der Waals surface area contributed by atoms with Crippen molar-refractivity contribution in [3.8, 4) is 0 Å². The first-order valence-corrected chi connectivity index (χ1v) is 6.84. The maximum atomic E-state index is 12.4. The average Bonchev–Trinajstić information content (AvgIpc) is 2.67. The standard InChI is InChI=1S/C14H25NO/c1-9-4-5-12(6-10(9)2)14(16)13-8-15-7-11(13)3/h9-13,15H,4-8H2,1-3H3. The van der Waals surface area contributed by atoms with Crippen molar-refractivity contribution < 1.29 is 4.79 Å². The molecular formula is C14H25NO. The molecule has 5 atom stereocenters. The van der Waals surface area contributed by atoms with Crippen molar-refractivity contribution >= 4 is 5.78 Å². The molecule has 1 N–H and O–H groups in total. The molecule has 2 nitrogen and oxygen atoms in total. The van der Waals surface area contributed by atoms with E-state index in [1.165, 1.54) is 6.42 Å². The summed E-state index contributed by atoms with van der Waals surface area (Å²) in [5.74, 6) is 3.29. The molecule has 1 saturated heterocycles. The molecule has 0 spiro atoms. The Hall–Kier alpha value is -0.370. The summed E-state index contributed by atoms with van der Waals surface area (Å²) in [6.07, 6.45) is 3.50. The van der Waals surface area contributed by atoms with Crippen LogP contribution in [0.25, 0.3) is 0 Å². The van der Waals surface area contributed by atoms with Crippen molar-refractivity contribution in [1.29, 1.82) is 0 Å². The summed E-state index contributed by atoms with van der Waals surface area (Å²) in [5, 5.41) is 3.34. The molecule has 0 bridgehead atoms. The van der Waals surface area contributed by atoms with E-state index in [1.807, 2.05) is 0 Å². The van der Waals surface area contributed by atoms with E-state index in [0.717, 1.165) is 37.8 Å². The van der Waals surface area contributed by atoms with E-state index in [1.54, 1.807) is 0 Å². The SMILES string of the molecule is CC1CCC(C(=O)C2CNCC2C)CC1C. The third-order valence-corrected chi connectivity index (χ3v) is 4.88. The number of carbonyl (C=O) groups is 1. The summed E-state index contributed by atoms with van der Waals surface area (Å²) in [6.45, 7) is 8.78. The third-order valence-electron chi connectivity index (χ3n) is 4.88. The zero-order valence-electron chi connectivity index (χ0n) is 10.8. The van der Waals surface area contributed by atoms with Crippen LogP contribution in [0.4, 0.5) is 0 Å². The van der Waals surface area contributed by atoms with Crippen molar-refractivity contribution in [3.05, 3.63) is 0 Å². The number of ketones is 1. The first kappa shape index (κ1) is 12.1.